The lowest BCUT2D eigenvalue weighted by molar-refractivity contribution is -0.127. The molecule has 0 saturated carbocycles. The second-order valence-corrected chi connectivity index (χ2v) is 9.15. The molecule has 1 aromatic carbocycles. The first-order valence-electron chi connectivity index (χ1n) is 11.6. The highest BCUT2D eigenvalue weighted by molar-refractivity contribution is 6.08. The molecule has 4 heterocycles. The van der Waals surface area contributed by atoms with Crippen LogP contribution in [0.15, 0.2) is 30.3 Å². The zero-order chi connectivity index (χ0) is 26.3. The van der Waals surface area contributed by atoms with Crippen molar-refractivity contribution in [2.45, 2.75) is 25.5 Å². The second kappa shape index (κ2) is 9.22. The van der Waals surface area contributed by atoms with E-state index in [0.717, 1.165) is 5.56 Å². The number of nitrogens with one attached hydrogen (secondary N) is 1. The Hall–Kier alpha value is -4.43. The number of pyridine rings is 1. The van der Waals surface area contributed by atoms with Gasteiger partial charge < -0.3 is 19.5 Å². The average Bonchev–Trinajstić information content (AvgIpc) is 3.48. The van der Waals surface area contributed by atoms with E-state index in [-0.39, 0.29) is 55.8 Å². The van der Waals surface area contributed by atoms with Crippen LogP contribution in [0.1, 0.15) is 34.5 Å². The summed E-state index contributed by atoms with van der Waals surface area (Å²) in [4.78, 5) is 57.8. The van der Waals surface area contributed by atoms with Gasteiger partial charge in [0.25, 0.3) is 5.91 Å². The quantitative estimate of drug-likeness (QED) is 0.436. The Morgan fingerprint density at radius 2 is 1.97 bits per heavy atom. The van der Waals surface area contributed by atoms with E-state index in [1.807, 2.05) is 0 Å². The normalized spacial score (nSPS) is 22.6. The number of anilines is 1. The lowest BCUT2D eigenvalue weighted by Crippen LogP contribution is -2.42. The smallest absolute Gasteiger partial charge is 0.254 e. The molecule has 4 amide bonds. The van der Waals surface area contributed by atoms with Crippen molar-refractivity contribution in [1.82, 2.24) is 15.2 Å². The first-order valence-corrected chi connectivity index (χ1v) is 11.6. The molecule has 190 valence electrons. The van der Waals surface area contributed by atoms with Crippen molar-refractivity contribution < 1.29 is 33.8 Å². The first kappa shape index (κ1) is 24.3. The average molecular weight is 504 g/mol. The van der Waals surface area contributed by atoms with Crippen molar-refractivity contribution in [3.8, 4) is 23.3 Å². The van der Waals surface area contributed by atoms with Crippen molar-refractivity contribution in [3.63, 3.8) is 0 Å². The van der Waals surface area contributed by atoms with Crippen molar-refractivity contribution >= 4 is 29.4 Å². The Labute approximate surface area is 212 Å². The van der Waals surface area contributed by atoms with Crippen molar-refractivity contribution in [1.29, 1.82) is 0 Å². The van der Waals surface area contributed by atoms with E-state index in [0.29, 0.717) is 17.1 Å². The number of aliphatic hydroxyl groups excluding tert-OH is 1. The Balaban J connectivity index is 1.48. The number of fused-ring (bicyclic) bond motifs is 1. The van der Waals surface area contributed by atoms with E-state index < -0.39 is 23.3 Å². The van der Waals surface area contributed by atoms with Crippen molar-refractivity contribution in [2.75, 3.05) is 32.2 Å². The Bertz CT molecular complexity index is 1400. The molecular formula is C26H24N4O7. The summed E-state index contributed by atoms with van der Waals surface area (Å²) in [7, 11) is 2.94. The summed E-state index contributed by atoms with van der Waals surface area (Å²) in [6.07, 6.45) is -1.01. The van der Waals surface area contributed by atoms with Gasteiger partial charge >= 0.3 is 0 Å². The van der Waals surface area contributed by atoms with E-state index in [9.17, 15) is 24.3 Å². The van der Waals surface area contributed by atoms with Crippen LogP contribution in [0.3, 0.4) is 0 Å². The van der Waals surface area contributed by atoms with Gasteiger partial charge in [-0.15, -0.1) is 0 Å². The predicted octanol–water partition coefficient (Wildman–Crippen LogP) is 0.237. The van der Waals surface area contributed by atoms with Crippen molar-refractivity contribution in [2.24, 2.45) is 5.41 Å². The van der Waals surface area contributed by atoms with Gasteiger partial charge in [0.1, 0.15) is 17.0 Å². The minimum atomic E-state index is -1.50. The fraction of sp³-hybridized carbons (Fsp3) is 0.346. The number of imide groups is 1. The minimum absolute atomic E-state index is 0.00174. The first-order chi connectivity index (χ1) is 17.7. The van der Waals surface area contributed by atoms with Gasteiger partial charge in [-0.1, -0.05) is 12.0 Å². The van der Waals surface area contributed by atoms with Crippen LogP contribution in [-0.4, -0.2) is 72.0 Å². The summed E-state index contributed by atoms with van der Waals surface area (Å²) in [5.74, 6) is 5.25. The number of carbonyl (C=O) groups excluding carboxylic acids is 4. The number of hydrogen-bond acceptors (Lipinski definition) is 8. The van der Waals surface area contributed by atoms with Crippen LogP contribution < -0.4 is 19.7 Å². The number of rotatable bonds is 5. The molecule has 2 atom stereocenters. The molecule has 2 saturated heterocycles. The molecule has 37 heavy (non-hydrogen) atoms. The van der Waals surface area contributed by atoms with Gasteiger partial charge in [0.2, 0.25) is 17.7 Å². The van der Waals surface area contributed by atoms with Crippen LogP contribution in [0, 0.1) is 17.3 Å². The van der Waals surface area contributed by atoms with Crippen LogP contribution in [0.2, 0.25) is 0 Å². The topological polar surface area (TPSA) is 138 Å². The monoisotopic (exact) mass is 504 g/mol. The van der Waals surface area contributed by atoms with Gasteiger partial charge in [-0.3, -0.25) is 29.4 Å². The molecule has 11 heteroatoms. The molecule has 0 aliphatic carbocycles. The minimum Gasteiger partial charge on any atom is -0.497 e. The summed E-state index contributed by atoms with van der Waals surface area (Å²) in [6.45, 7) is 0.264. The van der Waals surface area contributed by atoms with E-state index >= 15 is 0 Å². The number of methoxy groups -OCH3 is 2. The van der Waals surface area contributed by atoms with Gasteiger partial charge in [0, 0.05) is 18.7 Å². The van der Waals surface area contributed by atoms with Gasteiger partial charge in [-0.2, -0.15) is 0 Å². The summed E-state index contributed by atoms with van der Waals surface area (Å²) < 4.78 is 10.6. The Kier molecular flexibility index (Phi) is 6.05. The van der Waals surface area contributed by atoms with Crippen molar-refractivity contribution in [3.05, 3.63) is 47.2 Å². The molecule has 0 radical (unpaired) electrons. The van der Waals surface area contributed by atoms with Crippen LogP contribution >= 0.6 is 0 Å². The standard InChI is InChI=1S/C26H24N4O7/c1-36-17-4-3-15-12-29(24(34)18(15)10-17)14-26(11-22(32)28-25(26)35)8-7-19-20(37-2)5-6-21(27-19)30-13-16(31)9-23(30)33/h3-6,10,16,31H,9,11-14H2,1-2H3,(H,28,32,35)/t16-,26-/m1/s1. The van der Waals surface area contributed by atoms with Crippen LogP contribution in [0.5, 0.6) is 11.5 Å². The highest BCUT2D eigenvalue weighted by atomic mass is 16.5. The maximum Gasteiger partial charge on any atom is 0.254 e. The third-order valence-electron chi connectivity index (χ3n) is 6.67. The molecule has 2 fully saturated rings. The number of aromatic nitrogens is 1. The van der Waals surface area contributed by atoms with E-state index in [2.05, 4.69) is 22.1 Å². The number of nitrogens with zero attached hydrogens (tertiary/aromatic N) is 3. The highest BCUT2D eigenvalue weighted by Crippen LogP contribution is 2.34. The summed E-state index contributed by atoms with van der Waals surface area (Å²) in [6, 6.07) is 8.36. The zero-order valence-electron chi connectivity index (χ0n) is 20.2. The summed E-state index contributed by atoms with van der Waals surface area (Å²) in [5.41, 5.74) is -0.0874. The number of hydrogen-bond donors (Lipinski definition) is 2. The summed E-state index contributed by atoms with van der Waals surface area (Å²) >= 11 is 0. The maximum absolute atomic E-state index is 13.1. The van der Waals surface area contributed by atoms with E-state index in [1.165, 1.54) is 24.0 Å². The van der Waals surface area contributed by atoms with Gasteiger partial charge in [-0.25, -0.2) is 4.98 Å². The molecule has 11 nitrogen and oxygen atoms in total. The van der Waals surface area contributed by atoms with Crippen LogP contribution in [0.25, 0.3) is 0 Å². The SMILES string of the molecule is COc1ccc2c(c1)C(=O)N(C[C@@]1(C#Cc3nc(N4C[C@H](O)CC4=O)ccc3OC)CC(=O)NC1=O)C2. The van der Waals surface area contributed by atoms with Crippen LogP contribution in [-0.2, 0) is 20.9 Å². The number of ether oxygens (including phenoxy) is 2. The third kappa shape index (κ3) is 4.36. The zero-order valence-corrected chi connectivity index (χ0v) is 20.2. The molecule has 3 aliphatic heterocycles. The molecule has 1 aromatic heterocycles. The molecular weight excluding hydrogens is 480 g/mol. The second-order valence-electron chi connectivity index (χ2n) is 9.15. The van der Waals surface area contributed by atoms with E-state index in [4.69, 9.17) is 9.47 Å². The molecule has 3 aliphatic rings. The molecule has 5 rings (SSSR count). The lowest BCUT2D eigenvalue weighted by Gasteiger charge is -2.25. The number of carbonyl (C=O) groups is 4. The molecule has 0 bridgehead atoms. The fourth-order valence-corrected chi connectivity index (χ4v) is 4.76. The molecule has 0 unspecified atom stereocenters. The molecule has 0 spiro atoms. The predicted molar refractivity (Wildman–Crippen MR) is 129 cm³/mol. The Morgan fingerprint density at radius 1 is 1.16 bits per heavy atom. The number of benzene rings is 1. The third-order valence-corrected chi connectivity index (χ3v) is 6.67. The largest absolute Gasteiger partial charge is 0.497 e. The lowest BCUT2D eigenvalue weighted by atomic mass is 9.86. The molecule has 2 N–H and O–H groups in total. The van der Waals surface area contributed by atoms with Crippen LogP contribution in [0.4, 0.5) is 5.82 Å². The number of amides is 4. The fourth-order valence-electron chi connectivity index (χ4n) is 4.76. The van der Waals surface area contributed by atoms with Gasteiger partial charge in [0.15, 0.2) is 11.4 Å². The number of aliphatic hydroxyl groups is 1. The van der Waals surface area contributed by atoms with E-state index in [1.54, 1.807) is 30.3 Å². The Morgan fingerprint density at radius 3 is 2.62 bits per heavy atom. The molecule has 2 aromatic rings. The van der Waals surface area contributed by atoms with Gasteiger partial charge in [-0.05, 0) is 35.7 Å². The maximum atomic E-state index is 13.1. The number of β-amino-alcohol motifs (C(OH)–C–C–N with tert-alkyl or cyclic N) is 1. The van der Waals surface area contributed by atoms with Gasteiger partial charge in [0.05, 0.1) is 39.7 Å². The highest BCUT2D eigenvalue weighted by Gasteiger charge is 2.48. The summed E-state index contributed by atoms with van der Waals surface area (Å²) in [5, 5.41) is 12.1.